The minimum Gasteiger partial charge on any atom is -0.478 e. The molecule has 0 spiro atoms. The van der Waals surface area contributed by atoms with Crippen LogP contribution in [0.3, 0.4) is 0 Å². The number of aryl methyl sites for hydroxylation is 1. The lowest BCUT2D eigenvalue weighted by Gasteiger charge is -2.19. The zero-order valence-corrected chi connectivity index (χ0v) is 21.0. The molecule has 2 aromatic carbocycles. The van der Waals surface area contributed by atoms with Gasteiger partial charge in [-0.25, -0.2) is 14.2 Å². The van der Waals surface area contributed by atoms with Crippen LogP contribution in [-0.4, -0.2) is 30.7 Å². The third-order valence-corrected chi connectivity index (χ3v) is 6.72. The van der Waals surface area contributed by atoms with Crippen LogP contribution in [0, 0.1) is 12.8 Å². The maximum atomic E-state index is 13.2. The summed E-state index contributed by atoms with van der Waals surface area (Å²) < 4.78 is 51.7. The van der Waals surface area contributed by atoms with Crippen molar-refractivity contribution in [2.75, 3.05) is 0 Å². The summed E-state index contributed by atoms with van der Waals surface area (Å²) in [5.41, 5.74) is -1.55. The number of carbonyl (C=O) groups is 1. The monoisotopic (exact) mass is 533 g/mol. The van der Waals surface area contributed by atoms with Gasteiger partial charge in [0.25, 0.3) is 5.56 Å². The molecular weight excluding hydrogens is 511 g/mol. The van der Waals surface area contributed by atoms with Crippen LogP contribution < -0.4 is 16.0 Å². The highest BCUT2D eigenvalue weighted by molar-refractivity contribution is 7.13. The first-order valence-corrected chi connectivity index (χ1v) is 11.9. The summed E-state index contributed by atoms with van der Waals surface area (Å²) in [7, 11) is 0.952. The van der Waals surface area contributed by atoms with Crippen molar-refractivity contribution in [3.05, 3.63) is 74.6 Å². The van der Waals surface area contributed by atoms with Gasteiger partial charge in [0, 0.05) is 30.0 Å². The molecule has 0 radical (unpaired) electrons. The Kier molecular flexibility index (Phi) is 6.72. The minimum atomic E-state index is -4.86. The molecule has 0 amide bonds. The summed E-state index contributed by atoms with van der Waals surface area (Å²) >= 11 is 1.16. The number of rotatable bonds is 6. The molecule has 0 aliphatic heterocycles. The molecule has 2 heterocycles. The van der Waals surface area contributed by atoms with Crippen molar-refractivity contribution < 1.29 is 27.8 Å². The van der Waals surface area contributed by atoms with E-state index >= 15 is 0 Å². The first-order valence-electron chi connectivity index (χ1n) is 11.1. The first kappa shape index (κ1) is 26.1. The zero-order chi connectivity index (χ0) is 27.2. The molecular formula is C25H22F3N3O5S. The Bertz CT molecular complexity index is 1640. The molecule has 0 aliphatic rings. The number of benzene rings is 2. The Morgan fingerprint density at radius 3 is 2.43 bits per heavy atom. The predicted molar refractivity (Wildman–Crippen MR) is 133 cm³/mol. The van der Waals surface area contributed by atoms with Crippen LogP contribution in [0.5, 0.6) is 5.75 Å². The third kappa shape index (κ3) is 4.88. The van der Waals surface area contributed by atoms with Crippen LogP contribution in [0.1, 0.15) is 25.1 Å². The van der Waals surface area contributed by atoms with E-state index in [1.54, 1.807) is 38.1 Å². The SMILES string of the molecule is Cc1ccc(OC(C(=O)O)C(C)C)cc1-c1nsc2ccc(-n3c(=O)cc(C(F)(F)F)n(C)c3=O)cc12. The molecule has 0 saturated heterocycles. The molecule has 12 heteroatoms. The number of fused-ring (bicyclic) bond motifs is 1. The molecule has 2 aromatic heterocycles. The molecule has 0 fully saturated rings. The van der Waals surface area contributed by atoms with Crippen LogP contribution in [0.15, 0.2) is 52.1 Å². The number of alkyl halides is 3. The quantitative estimate of drug-likeness (QED) is 0.388. The van der Waals surface area contributed by atoms with Gasteiger partial charge in [-0.15, -0.1) is 0 Å². The van der Waals surface area contributed by atoms with Crippen molar-refractivity contribution in [2.45, 2.75) is 33.1 Å². The molecule has 37 heavy (non-hydrogen) atoms. The van der Waals surface area contributed by atoms with Crippen molar-refractivity contribution in [1.29, 1.82) is 0 Å². The third-order valence-electron chi connectivity index (χ3n) is 5.90. The standard InChI is InChI=1S/C25H22F3N3O5S/c1-12(2)22(23(33)34)36-15-7-5-13(3)16(10-15)21-17-9-14(6-8-18(17)37-29-21)31-20(32)11-19(25(26,27)28)30(4)24(31)35/h5-12,22H,1-4H3,(H,33,34). The lowest BCUT2D eigenvalue weighted by atomic mass is 10.0. The second kappa shape index (κ2) is 9.51. The maximum Gasteiger partial charge on any atom is 0.431 e. The summed E-state index contributed by atoms with van der Waals surface area (Å²) in [5, 5.41) is 10.0. The van der Waals surface area contributed by atoms with E-state index in [0.717, 1.165) is 24.1 Å². The number of hydrogen-bond acceptors (Lipinski definition) is 6. The topological polar surface area (TPSA) is 103 Å². The van der Waals surface area contributed by atoms with Gasteiger partial charge >= 0.3 is 17.8 Å². The normalized spacial score (nSPS) is 12.8. The molecule has 1 atom stereocenters. The van der Waals surface area contributed by atoms with Crippen LogP contribution in [0.2, 0.25) is 0 Å². The fourth-order valence-electron chi connectivity index (χ4n) is 3.94. The fraction of sp³-hybridized carbons (Fsp3) is 0.280. The molecule has 0 aliphatic carbocycles. The van der Waals surface area contributed by atoms with Gasteiger partial charge in [0.05, 0.1) is 16.1 Å². The van der Waals surface area contributed by atoms with Gasteiger partial charge in [0.15, 0.2) is 6.10 Å². The van der Waals surface area contributed by atoms with Gasteiger partial charge in [0.2, 0.25) is 0 Å². The highest BCUT2D eigenvalue weighted by Crippen LogP contribution is 2.36. The molecule has 0 saturated carbocycles. The highest BCUT2D eigenvalue weighted by atomic mass is 32.1. The average Bonchev–Trinajstić information content (AvgIpc) is 3.23. The average molecular weight is 534 g/mol. The Labute approximate surface area is 212 Å². The van der Waals surface area contributed by atoms with Crippen LogP contribution in [0.4, 0.5) is 13.2 Å². The Morgan fingerprint density at radius 1 is 1.11 bits per heavy atom. The molecule has 4 rings (SSSR count). The molecule has 0 bridgehead atoms. The lowest BCUT2D eigenvalue weighted by molar-refractivity contribution is -0.147. The molecule has 8 nitrogen and oxygen atoms in total. The van der Waals surface area contributed by atoms with Gasteiger partial charge in [-0.3, -0.25) is 9.36 Å². The zero-order valence-electron chi connectivity index (χ0n) is 20.2. The largest absolute Gasteiger partial charge is 0.478 e. The number of hydrogen-bond donors (Lipinski definition) is 1. The number of aromatic nitrogens is 3. The van der Waals surface area contributed by atoms with E-state index < -0.39 is 35.2 Å². The summed E-state index contributed by atoms with van der Waals surface area (Å²) in [6.07, 6.45) is -5.92. The fourth-order valence-corrected chi connectivity index (χ4v) is 4.71. The molecule has 4 aromatic rings. The second-order valence-electron chi connectivity index (χ2n) is 8.85. The van der Waals surface area contributed by atoms with E-state index in [2.05, 4.69) is 4.37 Å². The van der Waals surface area contributed by atoms with E-state index in [9.17, 15) is 32.7 Å². The second-order valence-corrected chi connectivity index (χ2v) is 9.66. The van der Waals surface area contributed by atoms with Crippen molar-refractivity contribution in [3.8, 4) is 22.7 Å². The van der Waals surface area contributed by atoms with E-state index in [4.69, 9.17) is 4.74 Å². The lowest BCUT2D eigenvalue weighted by Crippen LogP contribution is -2.40. The predicted octanol–water partition coefficient (Wildman–Crippen LogP) is 4.63. The van der Waals surface area contributed by atoms with Crippen molar-refractivity contribution in [1.82, 2.24) is 13.5 Å². The number of carboxylic acid groups (broad SMARTS) is 1. The van der Waals surface area contributed by atoms with Gasteiger partial charge in [-0.1, -0.05) is 19.9 Å². The first-order chi connectivity index (χ1) is 17.3. The molecule has 194 valence electrons. The van der Waals surface area contributed by atoms with Crippen molar-refractivity contribution >= 4 is 27.6 Å². The van der Waals surface area contributed by atoms with Gasteiger partial charge in [-0.2, -0.15) is 17.5 Å². The summed E-state index contributed by atoms with van der Waals surface area (Å²) in [6.45, 7) is 5.30. The Balaban J connectivity index is 1.85. The van der Waals surface area contributed by atoms with Gasteiger partial charge in [0.1, 0.15) is 11.4 Å². The van der Waals surface area contributed by atoms with E-state index in [-0.39, 0.29) is 11.6 Å². The van der Waals surface area contributed by atoms with E-state index in [1.165, 1.54) is 12.1 Å². The van der Waals surface area contributed by atoms with Crippen molar-refractivity contribution in [2.24, 2.45) is 13.0 Å². The molecule has 1 N–H and O–H groups in total. The Hall–Kier alpha value is -3.93. The Morgan fingerprint density at radius 2 is 1.81 bits per heavy atom. The number of nitrogens with zero attached hydrogens (tertiary/aromatic N) is 3. The van der Waals surface area contributed by atoms with E-state index in [0.29, 0.717) is 42.3 Å². The summed E-state index contributed by atoms with van der Waals surface area (Å²) in [6, 6.07) is 10.1. The van der Waals surface area contributed by atoms with E-state index in [1.807, 2.05) is 6.92 Å². The smallest absolute Gasteiger partial charge is 0.431 e. The number of ether oxygens (including phenoxy) is 1. The van der Waals surface area contributed by atoms with Gasteiger partial charge < -0.3 is 9.84 Å². The number of aliphatic carboxylic acids is 1. The highest BCUT2D eigenvalue weighted by Gasteiger charge is 2.35. The van der Waals surface area contributed by atoms with Crippen LogP contribution >= 0.6 is 11.5 Å². The minimum absolute atomic E-state index is 0.0871. The van der Waals surface area contributed by atoms with Crippen molar-refractivity contribution in [3.63, 3.8) is 0 Å². The summed E-state index contributed by atoms with van der Waals surface area (Å²) in [5.74, 6) is -1.05. The number of carboxylic acids is 1. The van der Waals surface area contributed by atoms with Gasteiger partial charge in [-0.05, 0) is 54.4 Å². The van der Waals surface area contributed by atoms with Crippen LogP contribution in [-0.2, 0) is 18.0 Å². The summed E-state index contributed by atoms with van der Waals surface area (Å²) in [4.78, 5) is 36.9. The maximum absolute atomic E-state index is 13.2. The van der Waals surface area contributed by atoms with Crippen LogP contribution in [0.25, 0.3) is 27.0 Å². The number of halogens is 3. The molecule has 1 unspecified atom stereocenters.